The minimum atomic E-state index is -0.0798. The number of esters is 1. The lowest BCUT2D eigenvalue weighted by Crippen LogP contribution is -1.99. The number of unbranched alkanes of at least 4 members (excludes halogenated alkanes) is 7. The molecule has 0 aromatic rings. The van der Waals surface area contributed by atoms with E-state index in [0.29, 0.717) is 6.42 Å². The van der Waals surface area contributed by atoms with Crippen LogP contribution in [0.25, 0.3) is 0 Å². The van der Waals surface area contributed by atoms with Crippen LogP contribution in [0.15, 0.2) is 0 Å². The van der Waals surface area contributed by atoms with Gasteiger partial charge in [0, 0.05) is 6.42 Å². The van der Waals surface area contributed by atoms with Crippen LogP contribution in [0.1, 0.15) is 57.8 Å². The summed E-state index contributed by atoms with van der Waals surface area (Å²) < 4.78 is 4.58. The van der Waals surface area contributed by atoms with E-state index < -0.39 is 0 Å². The molecule has 0 aliphatic heterocycles. The molecular formula is C12H24O2S. The van der Waals surface area contributed by atoms with Gasteiger partial charge >= 0.3 is 5.97 Å². The second-order valence-electron chi connectivity index (χ2n) is 3.88. The molecule has 0 aromatic carbocycles. The standard InChI is InChI=1S/C12H24O2S/c1-14-12(13)10-8-6-4-2-3-5-7-9-11-15/h15H,2-11H2,1H3. The number of thiol groups is 1. The van der Waals surface area contributed by atoms with E-state index >= 15 is 0 Å². The molecule has 0 aliphatic carbocycles. The predicted molar refractivity (Wildman–Crippen MR) is 67.4 cm³/mol. The number of carbonyl (C=O) groups excluding carboxylic acids is 1. The van der Waals surface area contributed by atoms with Crippen LogP contribution >= 0.6 is 12.6 Å². The summed E-state index contributed by atoms with van der Waals surface area (Å²) in [6.07, 6.45) is 10.5. The van der Waals surface area contributed by atoms with Gasteiger partial charge in [-0.3, -0.25) is 4.79 Å². The predicted octanol–water partition coefficient (Wildman–Crippen LogP) is 3.60. The number of hydrogen-bond donors (Lipinski definition) is 1. The number of methoxy groups -OCH3 is 1. The zero-order valence-corrected chi connectivity index (χ0v) is 10.7. The average molecular weight is 232 g/mol. The van der Waals surface area contributed by atoms with Crippen LogP contribution in [0, 0.1) is 0 Å². The van der Waals surface area contributed by atoms with E-state index in [0.717, 1.165) is 18.6 Å². The van der Waals surface area contributed by atoms with E-state index in [2.05, 4.69) is 17.4 Å². The highest BCUT2D eigenvalue weighted by Gasteiger charge is 1.98. The molecule has 0 rings (SSSR count). The first-order valence-corrected chi connectivity index (χ1v) is 6.62. The summed E-state index contributed by atoms with van der Waals surface area (Å²) in [7, 11) is 1.45. The SMILES string of the molecule is COC(=O)CCCCCCCCCCS. The van der Waals surface area contributed by atoms with E-state index in [1.165, 1.54) is 45.6 Å². The molecule has 0 aromatic heterocycles. The van der Waals surface area contributed by atoms with Crippen LogP contribution in [0.2, 0.25) is 0 Å². The molecule has 90 valence electrons. The molecule has 0 atom stereocenters. The Bertz CT molecular complexity index is 149. The first-order chi connectivity index (χ1) is 7.31. The van der Waals surface area contributed by atoms with Crippen molar-refractivity contribution in [2.75, 3.05) is 12.9 Å². The molecule has 2 nitrogen and oxygen atoms in total. The maximum absolute atomic E-state index is 10.8. The molecule has 3 heteroatoms. The van der Waals surface area contributed by atoms with Gasteiger partial charge in [-0.2, -0.15) is 12.6 Å². The lowest BCUT2D eigenvalue weighted by atomic mass is 10.1. The number of ether oxygens (including phenoxy) is 1. The van der Waals surface area contributed by atoms with Gasteiger partial charge in [-0.05, 0) is 18.6 Å². The highest BCUT2D eigenvalue weighted by molar-refractivity contribution is 7.80. The fourth-order valence-electron chi connectivity index (χ4n) is 1.54. The van der Waals surface area contributed by atoms with Crippen molar-refractivity contribution in [1.29, 1.82) is 0 Å². The summed E-state index contributed by atoms with van der Waals surface area (Å²) in [6.45, 7) is 0. The topological polar surface area (TPSA) is 26.3 Å². The van der Waals surface area contributed by atoms with Gasteiger partial charge in [0.25, 0.3) is 0 Å². The van der Waals surface area contributed by atoms with Gasteiger partial charge in [-0.25, -0.2) is 0 Å². The van der Waals surface area contributed by atoms with Crippen molar-refractivity contribution < 1.29 is 9.53 Å². The van der Waals surface area contributed by atoms with Crippen LogP contribution in [-0.4, -0.2) is 18.8 Å². The molecular weight excluding hydrogens is 208 g/mol. The molecule has 0 amide bonds. The normalized spacial score (nSPS) is 10.3. The van der Waals surface area contributed by atoms with Crippen molar-refractivity contribution in [2.24, 2.45) is 0 Å². The largest absolute Gasteiger partial charge is 0.469 e. The number of rotatable bonds is 10. The van der Waals surface area contributed by atoms with Crippen molar-refractivity contribution in [3.63, 3.8) is 0 Å². The summed E-state index contributed by atoms with van der Waals surface area (Å²) in [5.74, 6) is 0.933. The summed E-state index contributed by atoms with van der Waals surface area (Å²) in [5, 5.41) is 0. The molecule has 0 N–H and O–H groups in total. The molecule has 0 bridgehead atoms. The maximum Gasteiger partial charge on any atom is 0.305 e. The van der Waals surface area contributed by atoms with E-state index in [1.54, 1.807) is 0 Å². The van der Waals surface area contributed by atoms with Crippen LogP contribution < -0.4 is 0 Å². The molecule has 0 saturated carbocycles. The smallest absolute Gasteiger partial charge is 0.305 e. The summed E-state index contributed by atoms with van der Waals surface area (Å²) in [5.41, 5.74) is 0. The van der Waals surface area contributed by atoms with E-state index in [1.807, 2.05) is 0 Å². The molecule has 0 unspecified atom stereocenters. The maximum atomic E-state index is 10.8. The Morgan fingerprint density at radius 3 is 1.87 bits per heavy atom. The zero-order valence-electron chi connectivity index (χ0n) is 9.83. The second-order valence-corrected chi connectivity index (χ2v) is 4.33. The minimum Gasteiger partial charge on any atom is -0.469 e. The van der Waals surface area contributed by atoms with Crippen LogP contribution in [0.5, 0.6) is 0 Å². The molecule has 15 heavy (non-hydrogen) atoms. The summed E-state index contributed by atoms with van der Waals surface area (Å²) in [4.78, 5) is 10.8. The molecule has 0 spiro atoms. The molecule has 0 aliphatic rings. The Labute approximate surface area is 99.2 Å². The van der Waals surface area contributed by atoms with Gasteiger partial charge < -0.3 is 4.74 Å². The van der Waals surface area contributed by atoms with Crippen molar-refractivity contribution in [3.05, 3.63) is 0 Å². The third-order valence-electron chi connectivity index (χ3n) is 2.52. The zero-order chi connectivity index (χ0) is 11.4. The molecule has 0 saturated heterocycles. The lowest BCUT2D eigenvalue weighted by Gasteiger charge is -2.01. The van der Waals surface area contributed by atoms with Gasteiger partial charge in [0.15, 0.2) is 0 Å². The van der Waals surface area contributed by atoms with Gasteiger partial charge in [-0.1, -0.05) is 38.5 Å². The van der Waals surface area contributed by atoms with Crippen molar-refractivity contribution in [3.8, 4) is 0 Å². The first-order valence-electron chi connectivity index (χ1n) is 5.99. The Balaban J connectivity index is 2.95. The minimum absolute atomic E-state index is 0.0798. The third kappa shape index (κ3) is 11.7. The fourth-order valence-corrected chi connectivity index (χ4v) is 1.77. The van der Waals surface area contributed by atoms with Crippen LogP contribution in [0.3, 0.4) is 0 Å². The molecule has 0 heterocycles. The lowest BCUT2D eigenvalue weighted by molar-refractivity contribution is -0.140. The Hall–Kier alpha value is -0.180. The van der Waals surface area contributed by atoms with E-state index in [-0.39, 0.29) is 5.97 Å². The Morgan fingerprint density at radius 2 is 1.40 bits per heavy atom. The highest BCUT2D eigenvalue weighted by Crippen LogP contribution is 2.10. The van der Waals surface area contributed by atoms with Gasteiger partial charge in [-0.15, -0.1) is 0 Å². The summed E-state index contributed by atoms with van der Waals surface area (Å²) in [6, 6.07) is 0. The second kappa shape index (κ2) is 11.9. The Kier molecular flexibility index (Phi) is 11.7. The number of hydrogen-bond acceptors (Lipinski definition) is 3. The van der Waals surface area contributed by atoms with Crippen molar-refractivity contribution in [2.45, 2.75) is 57.8 Å². The molecule has 0 radical (unpaired) electrons. The van der Waals surface area contributed by atoms with Gasteiger partial charge in [0.2, 0.25) is 0 Å². The van der Waals surface area contributed by atoms with Crippen molar-refractivity contribution in [1.82, 2.24) is 0 Å². The van der Waals surface area contributed by atoms with E-state index in [4.69, 9.17) is 0 Å². The van der Waals surface area contributed by atoms with Crippen LogP contribution in [0.4, 0.5) is 0 Å². The monoisotopic (exact) mass is 232 g/mol. The quantitative estimate of drug-likeness (QED) is 0.354. The Morgan fingerprint density at radius 1 is 0.933 bits per heavy atom. The van der Waals surface area contributed by atoms with Crippen molar-refractivity contribution >= 4 is 18.6 Å². The first kappa shape index (κ1) is 14.8. The molecule has 0 fully saturated rings. The van der Waals surface area contributed by atoms with Gasteiger partial charge in [0.1, 0.15) is 0 Å². The highest BCUT2D eigenvalue weighted by atomic mass is 32.1. The fraction of sp³-hybridized carbons (Fsp3) is 0.917. The summed E-state index contributed by atoms with van der Waals surface area (Å²) >= 11 is 4.18. The van der Waals surface area contributed by atoms with Gasteiger partial charge in [0.05, 0.1) is 7.11 Å². The number of carbonyl (C=O) groups is 1. The third-order valence-corrected chi connectivity index (χ3v) is 2.83. The van der Waals surface area contributed by atoms with Crippen LogP contribution in [-0.2, 0) is 9.53 Å². The average Bonchev–Trinajstić information content (AvgIpc) is 2.26. The van der Waals surface area contributed by atoms with E-state index in [9.17, 15) is 4.79 Å².